The minimum atomic E-state index is -0.106. The van der Waals surface area contributed by atoms with Crippen molar-refractivity contribution in [2.75, 3.05) is 44.6 Å². The highest BCUT2D eigenvalue weighted by Crippen LogP contribution is 2.32. The molecular formula is C35H39N5O4S. The van der Waals surface area contributed by atoms with Crippen molar-refractivity contribution < 1.29 is 14.7 Å². The number of carbonyl (C=O) groups excluding carboxylic acids is 2. The first-order chi connectivity index (χ1) is 21.8. The lowest BCUT2D eigenvalue weighted by Crippen LogP contribution is -2.49. The molecule has 1 saturated heterocycles. The standard InChI is InChI=1S/C35H39N5O4S/c1-23-29(7-5-8-30(23)37-33(42)32-20-24-6-3-4-9-31(24)45-32)27-18-26(34(43)38(2)22-27)19-28-11-10-25(21-36-28)35(44)40-14-12-39(13-15-40)16-17-41/h5,7-8,10-11,18,20-22,41H,3-4,6,9,12-17,19H2,1-2H3,(H,37,42). The summed E-state index contributed by atoms with van der Waals surface area (Å²) in [7, 11) is 1.74. The van der Waals surface area contributed by atoms with Crippen LogP contribution in [0.25, 0.3) is 11.1 Å². The second-order valence-electron chi connectivity index (χ2n) is 11.9. The van der Waals surface area contributed by atoms with Crippen molar-refractivity contribution in [1.29, 1.82) is 0 Å². The third kappa shape index (κ3) is 6.78. The maximum absolute atomic E-state index is 13.2. The van der Waals surface area contributed by atoms with E-state index < -0.39 is 0 Å². The van der Waals surface area contributed by atoms with Crippen LogP contribution in [0.1, 0.15) is 60.1 Å². The van der Waals surface area contributed by atoms with Gasteiger partial charge in [0.25, 0.3) is 17.4 Å². The van der Waals surface area contributed by atoms with Gasteiger partial charge >= 0.3 is 0 Å². The molecule has 9 nitrogen and oxygen atoms in total. The number of hydrogen-bond acceptors (Lipinski definition) is 7. The average molecular weight is 626 g/mol. The average Bonchev–Trinajstić information content (AvgIpc) is 3.50. The van der Waals surface area contributed by atoms with E-state index in [1.165, 1.54) is 23.3 Å². The second-order valence-corrected chi connectivity index (χ2v) is 13.1. The molecule has 1 aliphatic heterocycles. The molecule has 3 aromatic heterocycles. The van der Waals surface area contributed by atoms with Crippen LogP contribution in [-0.2, 0) is 26.3 Å². The number of anilines is 1. The number of β-amino-alcohol motifs (C(OH)–C–C–N with tert-alkyl or cyclic N) is 1. The van der Waals surface area contributed by atoms with Crippen molar-refractivity contribution in [3.05, 3.63) is 103 Å². The van der Waals surface area contributed by atoms with Crippen molar-refractivity contribution in [2.24, 2.45) is 7.05 Å². The van der Waals surface area contributed by atoms with Gasteiger partial charge < -0.3 is 19.9 Å². The van der Waals surface area contributed by atoms with Gasteiger partial charge in [-0.3, -0.25) is 24.3 Å². The Labute approximate surface area is 267 Å². The number of piperazine rings is 1. The molecule has 1 aromatic carbocycles. The predicted octanol–water partition coefficient (Wildman–Crippen LogP) is 4.29. The lowest BCUT2D eigenvalue weighted by molar-refractivity contribution is 0.0614. The highest BCUT2D eigenvalue weighted by molar-refractivity contribution is 7.14. The lowest BCUT2D eigenvalue weighted by Gasteiger charge is -2.34. The topological polar surface area (TPSA) is 108 Å². The molecule has 234 valence electrons. The van der Waals surface area contributed by atoms with Crippen LogP contribution in [0.2, 0.25) is 0 Å². The summed E-state index contributed by atoms with van der Waals surface area (Å²) < 4.78 is 1.58. The Kier molecular flexibility index (Phi) is 9.25. The summed E-state index contributed by atoms with van der Waals surface area (Å²) in [6, 6.07) is 13.4. The predicted molar refractivity (Wildman–Crippen MR) is 177 cm³/mol. The molecule has 0 spiro atoms. The molecule has 0 radical (unpaired) electrons. The van der Waals surface area contributed by atoms with Crippen LogP contribution in [0.15, 0.2) is 59.7 Å². The Bertz CT molecular complexity index is 1750. The number of carbonyl (C=O) groups is 2. The van der Waals surface area contributed by atoms with Crippen molar-refractivity contribution in [3.63, 3.8) is 0 Å². The van der Waals surface area contributed by atoms with Crippen LogP contribution in [0.4, 0.5) is 5.69 Å². The number of aromatic nitrogens is 2. The van der Waals surface area contributed by atoms with E-state index in [1.54, 1.807) is 35.2 Å². The third-order valence-corrected chi connectivity index (χ3v) is 10.1. The van der Waals surface area contributed by atoms with Gasteiger partial charge in [0.15, 0.2) is 0 Å². The number of fused-ring (bicyclic) bond motifs is 1. The van der Waals surface area contributed by atoms with Gasteiger partial charge in [0.2, 0.25) is 0 Å². The summed E-state index contributed by atoms with van der Waals surface area (Å²) in [5.74, 6) is -0.149. The number of aryl methyl sites for hydroxylation is 3. The van der Waals surface area contributed by atoms with Gasteiger partial charge in [0, 0.05) is 80.4 Å². The summed E-state index contributed by atoms with van der Waals surface area (Å²) >= 11 is 1.60. The van der Waals surface area contributed by atoms with E-state index in [4.69, 9.17) is 5.11 Å². The molecule has 4 aromatic rings. The minimum absolute atomic E-state index is 0.0586. The van der Waals surface area contributed by atoms with Crippen LogP contribution < -0.4 is 10.9 Å². The number of aliphatic hydroxyl groups excluding tert-OH is 1. The number of benzene rings is 1. The molecule has 6 rings (SSSR count). The van der Waals surface area contributed by atoms with E-state index in [1.807, 2.05) is 54.4 Å². The van der Waals surface area contributed by atoms with Gasteiger partial charge in [-0.25, -0.2) is 0 Å². The fraction of sp³-hybridized carbons (Fsp3) is 0.371. The number of thiophene rings is 1. The van der Waals surface area contributed by atoms with E-state index in [0.29, 0.717) is 42.9 Å². The summed E-state index contributed by atoms with van der Waals surface area (Å²) in [6.07, 6.45) is 8.20. The molecule has 10 heteroatoms. The molecule has 0 bridgehead atoms. The fourth-order valence-corrected chi connectivity index (χ4v) is 7.42. The quantitative estimate of drug-likeness (QED) is 0.303. The van der Waals surface area contributed by atoms with Crippen LogP contribution in [0.3, 0.4) is 0 Å². The monoisotopic (exact) mass is 625 g/mol. The van der Waals surface area contributed by atoms with E-state index in [0.717, 1.165) is 53.2 Å². The molecule has 2 amide bonds. The normalized spacial score (nSPS) is 15.1. The molecule has 0 atom stereocenters. The van der Waals surface area contributed by atoms with Crippen molar-refractivity contribution in [3.8, 4) is 11.1 Å². The van der Waals surface area contributed by atoms with Crippen molar-refractivity contribution >= 4 is 28.8 Å². The molecule has 45 heavy (non-hydrogen) atoms. The first-order valence-corrected chi connectivity index (χ1v) is 16.4. The van der Waals surface area contributed by atoms with Crippen LogP contribution in [-0.4, -0.2) is 75.6 Å². The molecule has 2 aliphatic rings. The van der Waals surface area contributed by atoms with Gasteiger partial charge in [-0.2, -0.15) is 0 Å². The van der Waals surface area contributed by atoms with E-state index in [9.17, 15) is 14.4 Å². The Hall–Kier alpha value is -4.12. The van der Waals surface area contributed by atoms with E-state index >= 15 is 0 Å². The maximum Gasteiger partial charge on any atom is 0.265 e. The Balaban J connectivity index is 1.17. The first kappa shape index (κ1) is 30.9. The molecule has 2 N–H and O–H groups in total. The largest absolute Gasteiger partial charge is 0.395 e. The van der Waals surface area contributed by atoms with Crippen LogP contribution >= 0.6 is 11.3 Å². The van der Waals surface area contributed by atoms with Crippen molar-refractivity contribution in [1.82, 2.24) is 19.4 Å². The number of pyridine rings is 2. The Morgan fingerprint density at radius 3 is 2.58 bits per heavy atom. The van der Waals surface area contributed by atoms with Crippen LogP contribution in [0.5, 0.6) is 0 Å². The molecular weight excluding hydrogens is 586 g/mol. The molecule has 1 fully saturated rings. The zero-order chi connectivity index (χ0) is 31.5. The smallest absolute Gasteiger partial charge is 0.265 e. The Morgan fingerprint density at radius 2 is 1.84 bits per heavy atom. The van der Waals surface area contributed by atoms with Gasteiger partial charge in [-0.1, -0.05) is 12.1 Å². The number of nitrogens with zero attached hydrogens (tertiary/aromatic N) is 4. The number of rotatable bonds is 8. The SMILES string of the molecule is Cc1c(NC(=O)c2cc3c(s2)CCCC3)cccc1-c1cc(Cc2ccc(C(=O)N3CCN(CCO)CC3)cn2)c(=O)n(C)c1. The highest BCUT2D eigenvalue weighted by Gasteiger charge is 2.22. The van der Waals surface area contributed by atoms with E-state index in [-0.39, 0.29) is 24.0 Å². The van der Waals surface area contributed by atoms with Gasteiger partial charge in [-0.05, 0) is 85.2 Å². The first-order valence-electron chi connectivity index (χ1n) is 15.6. The van der Waals surface area contributed by atoms with Crippen molar-refractivity contribution in [2.45, 2.75) is 39.0 Å². The lowest BCUT2D eigenvalue weighted by atomic mass is 9.98. The second kappa shape index (κ2) is 13.5. The van der Waals surface area contributed by atoms with Gasteiger partial charge in [-0.15, -0.1) is 11.3 Å². The fourth-order valence-electron chi connectivity index (χ4n) is 6.27. The van der Waals surface area contributed by atoms with Crippen LogP contribution in [0, 0.1) is 6.92 Å². The van der Waals surface area contributed by atoms with Gasteiger partial charge in [0.05, 0.1) is 17.0 Å². The highest BCUT2D eigenvalue weighted by atomic mass is 32.1. The summed E-state index contributed by atoms with van der Waals surface area (Å²) in [6.45, 7) is 5.43. The molecule has 4 heterocycles. The molecule has 0 unspecified atom stereocenters. The molecule has 1 aliphatic carbocycles. The summed E-state index contributed by atoms with van der Waals surface area (Å²) in [5, 5.41) is 12.3. The maximum atomic E-state index is 13.2. The zero-order valence-corrected chi connectivity index (χ0v) is 26.7. The molecule has 0 saturated carbocycles. The summed E-state index contributed by atoms with van der Waals surface area (Å²) in [4.78, 5) is 49.9. The Morgan fingerprint density at radius 1 is 1.04 bits per heavy atom. The van der Waals surface area contributed by atoms with Gasteiger partial charge in [0.1, 0.15) is 0 Å². The number of aliphatic hydroxyl groups is 1. The number of hydrogen-bond donors (Lipinski definition) is 2. The summed E-state index contributed by atoms with van der Waals surface area (Å²) in [5.41, 5.74) is 6.50. The minimum Gasteiger partial charge on any atom is -0.395 e. The number of nitrogens with one attached hydrogen (secondary N) is 1. The number of amides is 2. The third-order valence-electron chi connectivity index (χ3n) is 8.89. The van der Waals surface area contributed by atoms with E-state index in [2.05, 4.69) is 15.2 Å². The zero-order valence-electron chi connectivity index (χ0n) is 25.8.